The van der Waals surface area contributed by atoms with Crippen molar-refractivity contribution >= 4 is 40.0 Å². The van der Waals surface area contributed by atoms with Crippen molar-refractivity contribution in [2.45, 2.75) is 26.8 Å². The molecule has 0 aromatic carbocycles. The van der Waals surface area contributed by atoms with Gasteiger partial charge < -0.3 is 14.8 Å². The van der Waals surface area contributed by atoms with E-state index >= 15 is 0 Å². The lowest BCUT2D eigenvalue weighted by Gasteiger charge is -2.22. The van der Waals surface area contributed by atoms with Gasteiger partial charge in [-0.2, -0.15) is 0 Å². The number of halogens is 1. The number of nitrogens with zero attached hydrogens (tertiary/aromatic N) is 3. The Morgan fingerprint density at radius 3 is 2.62 bits per heavy atom. The summed E-state index contributed by atoms with van der Waals surface area (Å²) in [5, 5.41) is 3.26. The molecule has 2 N–H and O–H groups in total. The first kappa shape index (κ1) is 23.2. The highest BCUT2D eigenvalue weighted by Gasteiger charge is 2.08. The Bertz CT molecular complexity index is 601. The normalized spacial score (nSPS) is 11.9. The zero-order valence-electron chi connectivity index (χ0n) is 14.9. The van der Waals surface area contributed by atoms with Crippen LogP contribution in [0.1, 0.15) is 26.0 Å². The second kappa shape index (κ2) is 11.7. The Morgan fingerprint density at radius 2 is 2.08 bits per heavy atom. The number of hydrogen-bond donors (Lipinski definition) is 2. The lowest BCUT2D eigenvalue weighted by atomic mass is 10.4. The molecule has 0 aliphatic rings. The van der Waals surface area contributed by atoms with Crippen LogP contribution in [-0.4, -0.2) is 56.3 Å². The van der Waals surface area contributed by atoms with Gasteiger partial charge in [-0.1, -0.05) is 0 Å². The van der Waals surface area contributed by atoms with Crippen LogP contribution in [0.2, 0.25) is 0 Å². The molecule has 1 rings (SSSR count). The van der Waals surface area contributed by atoms with Crippen molar-refractivity contribution in [2.75, 3.05) is 32.4 Å². The monoisotopic (exact) mass is 471 g/mol. The molecule has 24 heavy (non-hydrogen) atoms. The maximum Gasteiger partial charge on any atom is 0.211 e. The van der Waals surface area contributed by atoms with Gasteiger partial charge in [0.1, 0.15) is 0 Å². The van der Waals surface area contributed by atoms with Gasteiger partial charge in [0, 0.05) is 45.6 Å². The molecule has 0 aliphatic carbocycles. The van der Waals surface area contributed by atoms with Gasteiger partial charge in [0.15, 0.2) is 5.96 Å². The zero-order valence-corrected chi connectivity index (χ0v) is 18.1. The summed E-state index contributed by atoms with van der Waals surface area (Å²) >= 11 is 0. The summed E-state index contributed by atoms with van der Waals surface area (Å²) in [6, 6.07) is 4.10. The largest absolute Gasteiger partial charge is 0.357 e. The van der Waals surface area contributed by atoms with Crippen LogP contribution < -0.4 is 10.0 Å². The predicted octanol–water partition coefficient (Wildman–Crippen LogP) is 1.37. The fraction of sp³-hybridized carbons (Fsp3) is 0.667. The summed E-state index contributed by atoms with van der Waals surface area (Å²) in [4.78, 5) is 6.62. The highest BCUT2D eigenvalue weighted by molar-refractivity contribution is 14.0. The van der Waals surface area contributed by atoms with E-state index in [2.05, 4.69) is 30.6 Å². The highest BCUT2D eigenvalue weighted by atomic mass is 127. The third-order valence-electron chi connectivity index (χ3n) is 3.45. The topological polar surface area (TPSA) is 78.7 Å². The molecule has 1 aromatic heterocycles. The SMILES string of the molecule is CCNC(=NCCCNS(=O)(=O)CC)N(C)Cc1cccn1C.I. The van der Waals surface area contributed by atoms with Gasteiger partial charge in [-0.3, -0.25) is 4.99 Å². The molecule has 140 valence electrons. The molecule has 1 heterocycles. The number of rotatable bonds is 9. The summed E-state index contributed by atoms with van der Waals surface area (Å²) in [5.41, 5.74) is 1.20. The molecule has 0 saturated heterocycles. The fourth-order valence-corrected chi connectivity index (χ4v) is 2.70. The van der Waals surface area contributed by atoms with E-state index in [1.807, 2.05) is 33.3 Å². The summed E-state index contributed by atoms with van der Waals surface area (Å²) in [5.74, 6) is 0.935. The van der Waals surface area contributed by atoms with E-state index in [0.717, 1.165) is 19.0 Å². The predicted molar refractivity (Wildman–Crippen MR) is 110 cm³/mol. The lowest BCUT2D eigenvalue weighted by Crippen LogP contribution is -2.39. The fourth-order valence-electron chi connectivity index (χ4n) is 2.04. The van der Waals surface area contributed by atoms with Crippen LogP contribution in [0.3, 0.4) is 0 Å². The number of aryl methyl sites for hydroxylation is 1. The molecule has 0 saturated carbocycles. The average Bonchev–Trinajstić information content (AvgIpc) is 2.91. The quantitative estimate of drug-likeness (QED) is 0.247. The lowest BCUT2D eigenvalue weighted by molar-refractivity contribution is 0.461. The molecule has 7 nitrogen and oxygen atoms in total. The Hall–Kier alpha value is -0.810. The van der Waals surface area contributed by atoms with E-state index in [4.69, 9.17) is 0 Å². The second-order valence-electron chi connectivity index (χ2n) is 5.35. The van der Waals surface area contributed by atoms with Crippen molar-refractivity contribution in [1.29, 1.82) is 0 Å². The Balaban J connectivity index is 0.00000529. The molecule has 0 aliphatic heterocycles. The van der Waals surface area contributed by atoms with Crippen LogP contribution in [0.4, 0.5) is 0 Å². The Kier molecular flexibility index (Phi) is 11.3. The van der Waals surface area contributed by atoms with Crippen molar-refractivity contribution in [2.24, 2.45) is 12.0 Å². The van der Waals surface area contributed by atoms with Gasteiger partial charge >= 0.3 is 0 Å². The average molecular weight is 471 g/mol. The number of sulfonamides is 1. The molecule has 0 radical (unpaired) electrons. The highest BCUT2D eigenvalue weighted by Crippen LogP contribution is 2.03. The van der Waals surface area contributed by atoms with Gasteiger partial charge in [0.25, 0.3) is 0 Å². The van der Waals surface area contributed by atoms with E-state index < -0.39 is 10.0 Å². The van der Waals surface area contributed by atoms with Crippen LogP contribution in [-0.2, 0) is 23.6 Å². The van der Waals surface area contributed by atoms with E-state index in [9.17, 15) is 8.42 Å². The number of nitrogens with one attached hydrogen (secondary N) is 2. The zero-order chi connectivity index (χ0) is 17.3. The van der Waals surface area contributed by atoms with Crippen LogP contribution in [0.5, 0.6) is 0 Å². The molecule has 0 fully saturated rings. The molecule has 0 atom stereocenters. The molecule has 9 heteroatoms. The van der Waals surface area contributed by atoms with Gasteiger partial charge in [-0.25, -0.2) is 13.1 Å². The van der Waals surface area contributed by atoms with Crippen LogP contribution in [0, 0.1) is 0 Å². The standard InChI is InChI=1S/C15H29N5O2S.HI/c1-5-16-15(17-10-8-11-18-23(21,22)6-2)20(4)13-14-9-7-12-19(14)3;/h7,9,12,18H,5-6,8,10-11,13H2,1-4H3,(H,16,17);1H. The van der Waals surface area contributed by atoms with Crippen molar-refractivity contribution in [3.8, 4) is 0 Å². The van der Waals surface area contributed by atoms with Crippen molar-refractivity contribution in [3.63, 3.8) is 0 Å². The number of aliphatic imine (C=N–C) groups is 1. The van der Waals surface area contributed by atoms with Crippen molar-refractivity contribution < 1.29 is 8.42 Å². The molecule has 0 spiro atoms. The van der Waals surface area contributed by atoms with E-state index in [-0.39, 0.29) is 29.7 Å². The second-order valence-corrected chi connectivity index (χ2v) is 7.45. The van der Waals surface area contributed by atoms with Crippen LogP contribution in [0.15, 0.2) is 23.3 Å². The first-order chi connectivity index (χ1) is 10.9. The molecule has 0 unspecified atom stereocenters. The minimum atomic E-state index is -3.11. The third kappa shape index (κ3) is 8.34. The molecule has 0 bridgehead atoms. The van der Waals surface area contributed by atoms with Gasteiger partial charge in [-0.05, 0) is 32.4 Å². The van der Waals surface area contributed by atoms with Crippen LogP contribution in [0.25, 0.3) is 0 Å². The van der Waals surface area contributed by atoms with Crippen LogP contribution >= 0.6 is 24.0 Å². The van der Waals surface area contributed by atoms with E-state index in [1.165, 1.54) is 5.69 Å². The Morgan fingerprint density at radius 1 is 1.38 bits per heavy atom. The maximum atomic E-state index is 11.3. The number of guanidine groups is 1. The van der Waals surface area contributed by atoms with Crippen molar-refractivity contribution in [1.82, 2.24) is 19.5 Å². The molecular formula is C15H30IN5O2S. The third-order valence-corrected chi connectivity index (χ3v) is 4.85. The first-order valence-electron chi connectivity index (χ1n) is 7.96. The summed E-state index contributed by atoms with van der Waals surface area (Å²) < 4.78 is 27.3. The molecule has 1 aromatic rings. The molecular weight excluding hydrogens is 441 g/mol. The minimum absolute atomic E-state index is 0. The maximum absolute atomic E-state index is 11.3. The summed E-state index contributed by atoms with van der Waals surface area (Å²) in [6.07, 6.45) is 2.69. The smallest absolute Gasteiger partial charge is 0.211 e. The van der Waals surface area contributed by atoms with Crippen molar-refractivity contribution in [3.05, 3.63) is 24.0 Å². The number of hydrogen-bond acceptors (Lipinski definition) is 3. The number of aromatic nitrogens is 1. The van der Waals surface area contributed by atoms with E-state index in [1.54, 1.807) is 6.92 Å². The van der Waals surface area contributed by atoms with Gasteiger partial charge in [0.05, 0.1) is 12.3 Å². The Labute approximate surface area is 163 Å². The summed E-state index contributed by atoms with van der Waals surface area (Å²) in [6.45, 7) is 6.20. The summed E-state index contributed by atoms with van der Waals surface area (Å²) in [7, 11) is 0.902. The van der Waals surface area contributed by atoms with Gasteiger partial charge in [-0.15, -0.1) is 24.0 Å². The minimum Gasteiger partial charge on any atom is -0.357 e. The first-order valence-corrected chi connectivity index (χ1v) is 9.61. The molecule has 0 amide bonds. The van der Waals surface area contributed by atoms with E-state index in [0.29, 0.717) is 19.5 Å². The van der Waals surface area contributed by atoms with Gasteiger partial charge in [0.2, 0.25) is 10.0 Å².